The highest BCUT2D eigenvalue weighted by molar-refractivity contribution is 5.85. The van der Waals surface area contributed by atoms with E-state index in [9.17, 15) is 4.79 Å². The summed E-state index contributed by atoms with van der Waals surface area (Å²) in [6.07, 6.45) is 5.98. The summed E-state index contributed by atoms with van der Waals surface area (Å²) in [5.41, 5.74) is 6.34. The predicted molar refractivity (Wildman–Crippen MR) is 89.9 cm³/mol. The molecule has 2 aliphatic carbocycles. The molecule has 1 heterocycles. The van der Waals surface area contributed by atoms with Crippen LogP contribution in [-0.2, 0) is 9.53 Å². The second-order valence-electron chi connectivity index (χ2n) is 7.63. The lowest BCUT2D eigenvalue weighted by Crippen LogP contribution is -2.53. The van der Waals surface area contributed by atoms with Gasteiger partial charge >= 0.3 is 0 Å². The van der Waals surface area contributed by atoms with Crippen molar-refractivity contribution in [2.75, 3.05) is 19.7 Å². The summed E-state index contributed by atoms with van der Waals surface area (Å²) in [7, 11) is 0. The number of carbonyl (C=O) groups is 1. The Kier molecular flexibility index (Phi) is 6.14. The molecule has 0 aromatic rings. The van der Waals surface area contributed by atoms with Crippen LogP contribution in [0.3, 0.4) is 0 Å². The maximum atomic E-state index is 12.9. The van der Waals surface area contributed by atoms with E-state index in [1.165, 1.54) is 19.3 Å². The van der Waals surface area contributed by atoms with Crippen LogP contribution < -0.4 is 5.73 Å². The number of hydrogen-bond donors (Lipinski definition) is 1. The van der Waals surface area contributed by atoms with E-state index < -0.39 is 0 Å². The number of morpholine rings is 1. The normalized spacial score (nSPS) is 38.5. The van der Waals surface area contributed by atoms with Gasteiger partial charge in [-0.1, -0.05) is 20.3 Å². The lowest BCUT2D eigenvalue weighted by molar-refractivity contribution is -0.147. The number of fused-ring (bicyclic) bond motifs is 2. The second-order valence-corrected chi connectivity index (χ2v) is 7.63. The van der Waals surface area contributed by atoms with Crippen LogP contribution in [0.15, 0.2) is 0 Å². The van der Waals surface area contributed by atoms with Crippen molar-refractivity contribution in [2.45, 2.75) is 58.1 Å². The highest BCUT2D eigenvalue weighted by Gasteiger charge is 2.42. The van der Waals surface area contributed by atoms with Crippen molar-refractivity contribution in [3.63, 3.8) is 0 Å². The summed E-state index contributed by atoms with van der Waals surface area (Å²) in [4.78, 5) is 14.9. The fourth-order valence-electron chi connectivity index (χ4n) is 4.53. The van der Waals surface area contributed by atoms with Gasteiger partial charge in [0.2, 0.25) is 5.91 Å². The van der Waals surface area contributed by atoms with Gasteiger partial charge in [-0.2, -0.15) is 0 Å². The fourth-order valence-corrected chi connectivity index (χ4v) is 4.53. The van der Waals surface area contributed by atoms with E-state index in [0.717, 1.165) is 25.9 Å². The van der Waals surface area contributed by atoms with Crippen LogP contribution in [0.2, 0.25) is 0 Å². The van der Waals surface area contributed by atoms with E-state index in [0.29, 0.717) is 36.3 Å². The second kappa shape index (κ2) is 7.50. The maximum absolute atomic E-state index is 12.9. The molecule has 1 saturated heterocycles. The molecule has 2 saturated carbocycles. The van der Waals surface area contributed by atoms with Crippen molar-refractivity contribution in [2.24, 2.45) is 29.4 Å². The highest BCUT2D eigenvalue weighted by atomic mass is 35.5. The summed E-state index contributed by atoms with van der Waals surface area (Å²) in [5, 5.41) is 0. The molecule has 0 aromatic heterocycles. The monoisotopic (exact) mass is 330 g/mol. The molecule has 22 heavy (non-hydrogen) atoms. The van der Waals surface area contributed by atoms with Crippen LogP contribution in [0.25, 0.3) is 0 Å². The number of nitrogens with two attached hydrogens (primary N) is 1. The molecular weight excluding hydrogens is 300 g/mol. The zero-order valence-corrected chi connectivity index (χ0v) is 14.7. The molecule has 3 unspecified atom stereocenters. The Balaban J connectivity index is 0.00000176. The van der Waals surface area contributed by atoms with Gasteiger partial charge in [-0.15, -0.1) is 12.4 Å². The minimum Gasteiger partial charge on any atom is -0.374 e. The first kappa shape index (κ1) is 18.0. The maximum Gasteiger partial charge on any atom is 0.225 e. The quantitative estimate of drug-likeness (QED) is 0.846. The lowest BCUT2D eigenvalue weighted by Gasteiger charge is -2.45. The Hall–Kier alpha value is -0.320. The van der Waals surface area contributed by atoms with Crippen LogP contribution in [0.1, 0.15) is 46.0 Å². The average Bonchev–Trinajstić information content (AvgIpc) is 2.46. The SMILES string of the molecule is CC(C)C1CN(C(=O)C2CC3CCCC(C2)C3N)CCO1.Cl. The number of amides is 1. The predicted octanol–water partition coefficient (Wildman–Crippen LogP) is 2.45. The third kappa shape index (κ3) is 3.60. The van der Waals surface area contributed by atoms with Crippen molar-refractivity contribution in [1.29, 1.82) is 0 Å². The van der Waals surface area contributed by atoms with Gasteiger partial charge in [0.05, 0.1) is 12.7 Å². The number of rotatable bonds is 2. The molecule has 3 atom stereocenters. The summed E-state index contributed by atoms with van der Waals surface area (Å²) in [6.45, 7) is 6.56. The topological polar surface area (TPSA) is 55.6 Å². The molecule has 4 nitrogen and oxygen atoms in total. The first-order chi connectivity index (χ1) is 10.1. The van der Waals surface area contributed by atoms with E-state index in [2.05, 4.69) is 18.7 Å². The molecule has 3 aliphatic rings. The van der Waals surface area contributed by atoms with E-state index in [1.807, 2.05) is 0 Å². The first-order valence-corrected chi connectivity index (χ1v) is 8.72. The van der Waals surface area contributed by atoms with Gasteiger partial charge in [0.1, 0.15) is 0 Å². The number of hydrogen-bond acceptors (Lipinski definition) is 3. The Morgan fingerprint density at radius 3 is 2.45 bits per heavy atom. The van der Waals surface area contributed by atoms with Gasteiger partial charge in [0, 0.05) is 25.0 Å². The molecular formula is C17H31ClN2O2. The van der Waals surface area contributed by atoms with E-state index in [-0.39, 0.29) is 24.4 Å². The zero-order valence-electron chi connectivity index (χ0n) is 13.9. The van der Waals surface area contributed by atoms with Gasteiger partial charge in [-0.25, -0.2) is 0 Å². The molecule has 2 N–H and O–H groups in total. The van der Waals surface area contributed by atoms with E-state index in [4.69, 9.17) is 10.5 Å². The van der Waals surface area contributed by atoms with Crippen molar-refractivity contribution in [1.82, 2.24) is 4.90 Å². The third-order valence-corrected chi connectivity index (χ3v) is 5.91. The van der Waals surface area contributed by atoms with Crippen LogP contribution >= 0.6 is 12.4 Å². The van der Waals surface area contributed by atoms with E-state index in [1.54, 1.807) is 0 Å². The summed E-state index contributed by atoms with van der Waals surface area (Å²) >= 11 is 0. The standard InChI is InChI=1S/C17H30N2O2.ClH/c1-11(2)15-10-19(6-7-21-15)17(20)14-8-12-4-3-5-13(9-14)16(12)18;/h11-16H,3-10,18H2,1-2H3;1H. The highest BCUT2D eigenvalue weighted by Crippen LogP contribution is 2.42. The van der Waals surface area contributed by atoms with Crippen molar-refractivity contribution >= 4 is 18.3 Å². The van der Waals surface area contributed by atoms with Gasteiger partial charge in [0.25, 0.3) is 0 Å². The molecule has 0 aromatic carbocycles. The summed E-state index contributed by atoms with van der Waals surface area (Å²) < 4.78 is 5.78. The minimum absolute atomic E-state index is 0. The van der Waals surface area contributed by atoms with Crippen LogP contribution in [0, 0.1) is 23.7 Å². The average molecular weight is 331 g/mol. The fraction of sp³-hybridized carbons (Fsp3) is 0.941. The van der Waals surface area contributed by atoms with Crippen LogP contribution in [0.5, 0.6) is 0 Å². The molecule has 1 amide bonds. The molecule has 1 aliphatic heterocycles. The minimum atomic E-state index is 0. The van der Waals surface area contributed by atoms with Crippen LogP contribution in [0.4, 0.5) is 0 Å². The molecule has 0 radical (unpaired) electrons. The van der Waals surface area contributed by atoms with Gasteiger partial charge in [-0.05, 0) is 43.4 Å². The zero-order chi connectivity index (χ0) is 15.0. The lowest BCUT2D eigenvalue weighted by atomic mass is 9.65. The molecule has 3 fully saturated rings. The van der Waals surface area contributed by atoms with Crippen molar-refractivity contribution < 1.29 is 9.53 Å². The Morgan fingerprint density at radius 1 is 1.23 bits per heavy atom. The number of halogens is 1. The van der Waals surface area contributed by atoms with Crippen molar-refractivity contribution in [3.8, 4) is 0 Å². The first-order valence-electron chi connectivity index (χ1n) is 8.72. The summed E-state index contributed by atoms with van der Waals surface area (Å²) in [6, 6.07) is 0.343. The molecule has 2 bridgehead atoms. The Labute approximate surface area is 140 Å². The summed E-state index contributed by atoms with van der Waals surface area (Å²) in [5.74, 6) is 2.21. The van der Waals surface area contributed by atoms with Gasteiger partial charge in [0.15, 0.2) is 0 Å². The molecule has 0 spiro atoms. The largest absolute Gasteiger partial charge is 0.374 e. The van der Waals surface area contributed by atoms with Gasteiger partial charge < -0.3 is 15.4 Å². The number of carbonyl (C=O) groups excluding carboxylic acids is 1. The van der Waals surface area contributed by atoms with Crippen LogP contribution in [-0.4, -0.2) is 42.6 Å². The number of ether oxygens (including phenoxy) is 1. The van der Waals surface area contributed by atoms with E-state index >= 15 is 0 Å². The van der Waals surface area contributed by atoms with Crippen molar-refractivity contribution in [3.05, 3.63) is 0 Å². The Morgan fingerprint density at radius 2 is 1.86 bits per heavy atom. The number of nitrogens with zero attached hydrogens (tertiary/aromatic N) is 1. The Bertz CT molecular complexity index is 377. The van der Waals surface area contributed by atoms with Gasteiger partial charge in [-0.3, -0.25) is 4.79 Å². The third-order valence-electron chi connectivity index (χ3n) is 5.91. The molecule has 3 rings (SSSR count). The molecule has 5 heteroatoms. The molecule has 128 valence electrons. The smallest absolute Gasteiger partial charge is 0.225 e.